The molecule has 1 unspecified atom stereocenters. The van der Waals surface area contributed by atoms with E-state index < -0.39 is 0 Å². The molecule has 108 valence electrons. The van der Waals surface area contributed by atoms with Crippen LogP contribution in [-0.2, 0) is 6.54 Å². The van der Waals surface area contributed by atoms with Crippen LogP contribution in [0.3, 0.4) is 0 Å². The molecule has 0 bridgehead atoms. The van der Waals surface area contributed by atoms with Crippen LogP contribution in [0.1, 0.15) is 32.3 Å². The summed E-state index contributed by atoms with van der Waals surface area (Å²) in [5.41, 5.74) is 7.32. The molecule has 1 atom stereocenters. The van der Waals surface area contributed by atoms with Crippen molar-refractivity contribution in [3.8, 4) is 5.75 Å². The highest BCUT2D eigenvalue weighted by Gasteiger charge is 2.16. The van der Waals surface area contributed by atoms with Gasteiger partial charge >= 0.3 is 0 Å². The van der Waals surface area contributed by atoms with Crippen LogP contribution in [0, 0.1) is 0 Å². The maximum Gasteiger partial charge on any atom is 0.120 e. The van der Waals surface area contributed by atoms with Gasteiger partial charge in [-0.25, -0.2) is 0 Å². The fourth-order valence-corrected chi connectivity index (χ4v) is 2.48. The van der Waals surface area contributed by atoms with Gasteiger partial charge in [-0.3, -0.25) is 4.90 Å². The molecule has 2 N–H and O–H groups in total. The predicted octanol–water partition coefficient (Wildman–Crippen LogP) is 2.82. The molecular formula is C15H25ClN2O. The molecule has 0 spiro atoms. The normalized spacial score (nSPS) is 20.1. The summed E-state index contributed by atoms with van der Waals surface area (Å²) in [5, 5.41) is 0. The Kier molecular flexibility index (Phi) is 6.63. The lowest BCUT2D eigenvalue weighted by Gasteiger charge is -2.30. The zero-order valence-electron chi connectivity index (χ0n) is 11.8. The quantitative estimate of drug-likeness (QED) is 0.924. The first kappa shape index (κ1) is 16.3. The second-order valence-corrected chi connectivity index (χ2v) is 5.45. The number of likely N-dealkylation sites (tertiary alicyclic amines) is 1. The summed E-state index contributed by atoms with van der Waals surface area (Å²) >= 11 is 0. The van der Waals surface area contributed by atoms with E-state index in [2.05, 4.69) is 36.9 Å². The number of benzene rings is 1. The third-order valence-corrected chi connectivity index (χ3v) is 3.22. The van der Waals surface area contributed by atoms with Crippen molar-refractivity contribution >= 4 is 12.4 Å². The summed E-state index contributed by atoms with van der Waals surface area (Å²) in [6.45, 7) is 7.24. The van der Waals surface area contributed by atoms with Crippen LogP contribution in [0.25, 0.3) is 0 Å². The maximum atomic E-state index is 6.01. The molecular weight excluding hydrogens is 260 g/mol. The second-order valence-electron chi connectivity index (χ2n) is 5.45. The zero-order chi connectivity index (χ0) is 13.0. The molecule has 2 rings (SSSR count). The summed E-state index contributed by atoms with van der Waals surface area (Å²) in [7, 11) is 0. The van der Waals surface area contributed by atoms with Gasteiger partial charge in [0.15, 0.2) is 0 Å². The lowest BCUT2D eigenvalue weighted by Crippen LogP contribution is -2.42. The summed E-state index contributed by atoms with van der Waals surface area (Å²) in [6, 6.07) is 8.73. The van der Waals surface area contributed by atoms with E-state index in [4.69, 9.17) is 10.5 Å². The van der Waals surface area contributed by atoms with Gasteiger partial charge in [0, 0.05) is 19.1 Å². The van der Waals surface area contributed by atoms with E-state index >= 15 is 0 Å². The molecule has 0 amide bonds. The Morgan fingerprint density at radius 1 is 1.42 bits per heavy atom. The average Bonchev–Trinajstić information content (AvgIpc) is 2.28. The minimum absolute atomic E-state index is 0. The van der Waals surface area contributed by atoms with E-state index in [0.717, 1.165) is 31.8 Å². The van der Waals surface area contributed by atoms with E-state index in [1.165, 1.54) is 12.0 Å². The molecule has 0 aliphatic carbocycles. The van der Waals surface area contributed by atoms with Crippen LogP contribution in [0.4, 0.5) is 0 Å². The number of hydrogen-bond donors (Lipinski definition) is 1. The Hall–Kier alpha value is -0.770. The predicted molar refractivity (Wildman–Crippen MR) is 81.9 cm³/mol. The number of nitrogens with two attached hydrogens (primary N) is 1. The fourth-order valence-electron chi connectivity index (χ4n) is 2.48. The molecule has 1 aliphatic rings. The van der Waals surface area contributed by atoms with E-state index in [1.54, 1.807) is 0 Å². The van der Waals surface area contributed by atoms with Crippen molar-refractivity contribution in [3.63, 3.8) is 0 Å². The molecule has 1 aliphatic heterocycles. The van der Waals surface area contributed by atoms with Gasteiger partial charge in [-0.05, 0) is 50.9 Å². The Morgan fingerprint density at radius 3 is 2.89 bits per heavy atom. The SMILES string of the molecule is CC(C)Oc1cccc(CN2CCCC(N)C2)c1.Cl. The molecule has 1 saturated heterocycles. The van der Waals surface area contributed by atoms with Crippen LogP contribution in [0.5, 0.6) is 5.75 Å². The van der Waals surface area contributed by atoms with Gasteiger partial charge in [0.25, 0.3) is 0 Å². The van der Waals surface area contributed by atoms with Crippen molar-refractivity contribution in [3.05, 3.63) is 29.8 Å². The van der Waals surface area contributed by atoms with Crippen molar-refractivity contribution in [2.75, 3.05) is 13.1 Å². The molecule has 4 heteroatoms. The van der Waals surface area contributed by atoms with E-state index in [9.17, 15) is 0 Å². The smallest absolute Gasteiger partial charge is 0.120 e. The lowest BCUT2D eigenvalue weighted by atomic mass is 10.1. The summed E-state index contributed by atoms with van der Waals surface area (Å²) in [6.07, 6.45) is 2.60. The van der Waals surface area contributed by atoms with Crippen LogP contribution in [-0.4, -0.2) is 30.1 Å². The highest BCUT2D eigenvalue weighted by Crippen LogP contribution is 2.18. The molecule has 1 aromatic carbocycles. The number of ether oxygens (including phenoxy) is 1. The molecule has 0 radical (unpaired) electrons. The lowest BCUT2D eigenvalue weighted by molar-refractivity contribution is 0.200. The average molecular weight is 285 g/mol. The Balaban J connectivity index is 0.00000180. The summed E-state index contributed by atoms with van der Waals surface area (Å²) in [4.78, 5) is 2.43. The minimum Gasteiger partial charge on any atom is -0.491 e. The number of piperidine rings is 1. The Labute approximate surface area is 122 Å². The third-order valence-electron chi connectivity index (χ3n) is 3.22. The largest absolute Gasteiger partial charge is 0.491 e. The van der Waals surface area contributed by atoms with E-state index in [0.29, 0.717) is 6.04 Å². The van der Waals surface area contributed by atoms with Crippen molar-refractivity contribution in [1.82, 2.24) is 4.90 Å². The van der Waals surface area contributed by atoms with Gasteiger partial charge in [-0.15, -0.1) is 12.4 Å². The Bertz CT molecular complexity index is 384. The van der Waals surface area contributed by atoms with Crippen LogP contribution in [0.15, 0.2) is 24.3 Å². The van der Waals surface area contributed by atoms with Gasteiger partial charge < -0.3 is 10.5 Å². The first-order chi connectivity index (χ1) is 8.63. The first-order valence-corrected chi connectivity index (χ1v) is 6.87. The van der Waals surface area contributed by atoms with Crippen molar-refractivity contribution in [1.29, 1.82) is 0 Å². The van der Waals surface area contributed by atoms with Gasteiger partial charge in [0.05, 0.1) is 6.10 Å². The molecule has 0 saturated carbocycles. The second kappa shape index (κ2) is 7.73. The molecule has 1 fully saturated rings. The van der Waals surface area contributed by atoms with Crippen molar-refractivity contribution in [2.45, 2.75) is 45.4 Å². The molecule has 0 aromatic heterocycles. The first-order valence-electron chi connectivity index (χ1n) is 6.87. The van der Waals surface area contributed by atoms with Gasteiger partial charge in [0.1, 0.15) is 5.75 Å². The van der Waals surface area contributed by atoms with Crippen molar-refractivity contribution in [2.24, 2.45) is 5.73 Å². The molecule has 3 nitrogen and oxygen atoms in total. The molecule has 19 heavy (non-hydrogen) atoms. The topological polar surface area (TPSA) is 38.5 Å². The van der Waals surface area contributed by atoms with Gasteiger partial charge in [0.2, 0.25) is 0 Å². The summed E-state index contributed by atoms with van der Waals surface area (Å²) < 4.78 is 5.72. The van der Waals surface area contributed by atoms with Gasteiger partial charge in [-0.2, -0.15) is 0 Å². The molecule has 1 heterocycles. The van der Waals surface area contributed by atoms with Crippen molar-refractivity contribution < 1.29 is 4.74 Å². The van der Waals surface area contributed by atoms with Crippen LogP contribution in [0.2, 0.25) is 0 Å². The number of rotatable bonds is 4. The van der Waals surface area contributed by atoms with E-state index in [-0.39, 0.29) is 18.5 Å². The summed E-state index contributed by atoms with van der Waals surface area (Å²) in [5.74, 6) is 0.962. The maximum absolute atomic E-state index is 6.01. The standard InChI is InChI=1S/C15H24N2O.ClH/c1-12(2)18-15-7-3-5-13(9-15)10-17-8-4-6-14(16)11-17;/h3,5,7,9,12,14H,4,6,8,10-11,16H2,1-2H3;1H. The highest BCUT2D eigenvalue weighted by molar-refractivity contribution is 5.85. The minimum atomic E-state index is 0. The number of hydrogen-bond acceptors (Lipinski definition) is 3. The monoisotopic (exact) mass is 284 g/mol. The zero-order valence-corrected chi connectivity index (χ0v) is 12.7. The van der Waals surface area contributed by atoms with E-state index in [1.807, 2.05) is 6.07 Å². The number of nitrogens with zero attached hydrogens (tertiary/aromatic N) is 1. The molecule has 1 aromatic rings. The number of halogens is 1. The highest BCUT2D eigenvalue weighted by atomic mass is 35.5. The van der Waals surface area contributed by atoms with Crippen LogP contribution < -0.4 is 10.5 Å². The fraction of sp³-hybridized carbons (Fsp3) is 0.600. The Morgan fingerprint density at radius 2 is 2.21 bits per heavy atom. The van der Waals surface area contributed by atoms with Gasteiger partial charge in [-0.1, -0.05) is 12.1 Å². The third kappa shape index (κ3) is 5.39. The van der Waals surface area contributed by atoms with Crippen LogP contribution >= 0.6 is 12.4 Å².